The normalized spacial score (nSPS) is 14.0. The Kier molecular flexibility index (Phi) is 3.50. The van der Waals surface area contributed by atoms with Gasteiger partial charge in [-0.05, 0) is 12.1 Å². The van der Waals surface area contributed by atoms with E-state index in [4.69, 9.17) is 9.26 Å². The zero-order chi connectivity index (χ0) is 13.1. The van der Waals surface area contributed by atoms with Crippen molar-refractivity contribution in [3.63, 3.8) is 0 Å². The van der Waals surface area contributed by atoms with Gasteiger partial charge >= 0.3 is 6.16 Å². The summed E-state index contributed by atoms with van der Waals surface area (Å²) in [5.41, 5.74) is 0.629. The molecule has 1 aromatic rings. The zero-order valence-electron chi connectivity index (χ0n) is 10.3. The summed E-state index contributed by atoms with van der Waals surface area (Å²) in [5.74, 6) is 0.685. The van der Waals surface area contributed by atoms with E-state index in [1.54, 1.807) is 11.8 Å². The molecule has 1 aromatic heterocycles. The maximum atomic E-state index is 11.3. The highest BCUT2D eigenvalue weighted by Crippen LogP contribution is 2.27. The van der Waals surface area contributed by atoms with Gasteiger partial charge in [-0.1, -0.05) is 0 Å². The van der Waals surface area contributed by atoms with E-state index >= 15 is 0 Å². The van der Waals surface area contributed by atoms with E-state index in [0.717, 1.165) is 0 Å². The predicted octanol–water partition coefficient (Wildman–Crippen LogP) is 1.11. The standard InChI is InChI=1S/C11H14N2O5/c1-3-16-11(15)17-10-8-6-13(7(2)14)5-4-9(8)18-12-10/h3-6H2,1-2H3. The summed E-state index contributed by atoms with van der Waals surface area (Å²) in [6.45, 7) is 4.30. The molecule has 0 aliphatic carbocycles. The summed E-state index contributed by atoms with van der Waals surface area (Å²) in [4.78, 5) is 24.2. The average molecular weight is 254 g/mol. The first-order chi connectivity index (χ1) is 8.61. The summed E-state index contributed by atoms with van der Waals surface area (Å²) in [6, 6.07) is 0. The van der Waals surface area contributed by atoms with Crippen molar-refractivity contribution in [2.75, 3.05) is 13.2 Å². The van der Waals surface area contributed by atoms with Crippen LogP contribution in [0.25, 0.3) is 0 Å². The van der Waals surface area contributed by atoms with E-state index in [1.807, 2.05) is 0 Å². The van der Waals surface area contributed by atoms with Crippen molar-refractivity contribution in [3.05, 3.63) is 11.3 Å². The SMILES string of the molecule is CCOC(=O)Oc1noc2c1CN(C(C)=O)CC2. The molecule has 0 saturated heterocycles. The summed E-state index contributed by atoms with van der Waals surface area (Å²) in [6.07, 6.45) is -0.262. The molecular weight excluding hydrogens is 240 g/mol. The lowest BCUT2D eigenvalue weighted by Gasteiger charge is -2.24. The fraction of sp³-hybridized carbons (Fsp3) is 0.545. The van der Waals surface area contributed by atoms with Gasteiger partial charge < -0.3 is 18.9 Å². The number of nitrogens with zero attached hydrogens (tertiary/aromatic N) is 2. The molecule has 7 nitrogen and oxygen atoms in total. The van der Waals surface area contributed by atoms with Gasteiger partial charge in [0.05, 0.1) is 18.7 Å². The van der Waals surface area contributed by atoms with Gasteiger partial charge in [-0.3, -0.25) is 4.79 Å². The maximum absolute atomic E-state index is 11.3. The number of fused-ring (bicyclic) bond motifs is 1. The van der Waals surface area contributed by atoms with Crippen LogP contribution in [0.3, 0.4) is 0 Å². The quantitative estimate of drug-likeness (QED) is 0.735. The van der Waals surface area contributed by atoms with E-state index in [1.165, 1.54) is 6.92 Å². The van der Waals surface area contributed by atoms with E-state index in [2.05, 4.69) is 9.89 Å². The van der Waals surface area contributed by atoms with Crippen LogP contribution < -0.4 is 4.74 Å². The molecule has 2 heterocycles. The third-order valence-corrected chi connectivity index (χ3v) is 2.68. The molecule has 0 unspecified atom stereocenters. The van der Waals surface area contributed by atoms with Crippen LogP contribution >= 0.6 is 0 Å². The van der Waals surface area contributed by atoms with Crippen molar-refractivity contribution in [2.24, 2.45) is 0 Å². The van der Waals surface area contributed by atoms with Gasteiger partial charge in [-0.15, -0.1) is 0 Å². The largest absolute Gasteiger partial charge is 0.515 e. The van der Waals surface area contributed by atoms with Gasteiger partial charge in [-0.25, -0.2) is 4.79 Å². The Bertz CT molecular complexity index is 468. The molecular formula is C11H14N2O5. The lowest BCUT2D eigenvalue weighted by atomic mass is 10.1. The molecule has 0 fully saturated rings. The molecule has 0 spiro atoms. The fourth-order valence-corrected chi connectivity index (χ4v) is 1.76. The van der Waals surface area contributed by atoms with Crippen LogP contribution in [0.1, 0.15) is 25.2 Å². The zero-order valence-corrected chi connectivity index (χ0v) is 10.3. The van der Waals surface area contributed by atoms with Crippen molar-refractivity contribution in [3.8, 4) is 5.88 Å². The minimum atomic E-state index is -0.825. The van der Waals surface area contributed by atoms with Gasteiger partial charge in [0.15, 0.2) is 0 Å². The Labute approximate surface area is 104 Å². The van der Waals surface area contributed by atoms with Gasteiger partial charge in [-0.2, -0.15) is 0 Å². The van der Waals surface area contributed by atoms with Crippen LogP contribution in [0, 0.1) is 0 Å². The molecule has 0 saturated carbocycles. The minimum Gasteiger partial charge on any atom is -0.434 e. The Morgan fingerprint density at radius 2 is 2.28 bits per heavy atom. The average Bonchev–Trinajstić information content (AvgIpc) is 2.72. The molecule has 98 valence electrons. The van der Waals surface area contributed by atoms with Crippen LogP contribution in [0.2, 0.25) is 0 Å². The number of carbonyl (C=O) groups is 2. The first-order valence-electron chi connectivity index (χ1n) is 5.69. The minimum absolute atomic E-state index is 0.0380. The van der Waals surface area contributed by atoms with Crippen molar-refractivity contribution in [2.45, 2.75) is 26.8 Å². The second-order valence-corrected chi connectivity index (χ2v) is 3.87. The molecule has 0 N–H and O–H groups in total. The Hall–Kier alpha value is -2.05. The van der Waals surface area contributed by atoms with E-state index in [9.17, 15) is 9.59 Å². The molecule has 7 heteroatoms. The lowest BCUT2D eigenvalue weighted by Crippen LogP contribution is -2.33. The van der Waals surface area contributed by atoms with Gasteiger partial charge in [0.2, 0.25) is 5.91 Å². The highest BCUT2D eigenvalue weighted by atomic mass is 16.7. The highest BCUT2D eigenvalue weighted by molar-refractivity contribution is 5.73. The number of ether oxygens (including phenoxy) is 2. The van der Waals surface area contributed by atoms with Gasteiger partial charge in [0.1, 0.15) is 5.76 Å². The predicted molar refractivity (Wildman–Crippen MR) is 58.9 cm³/mol. The van der Waals surface area contributed by atoms with Crippen LogP contribution in [-0.4, -0.2) is 35.3 Å². The molecule has 18 heavy (non-hydrogen) atoms. The van der Waals surface area contributed by atoms with Crippen molar-refractivity contribution in [1.82, 2.24) is 10.1 Å². The fourth-order valence-electron chi connectivity index (χ4n) is 1.76. The molecule has 0 radical (unpaired) electrons. The Balaban J connectivity index is 2.13. The topological polar surface area (TPSA) is 81.9 Å². The number of amides is 1. The third kappa shape index (κ3) is 2.44. The highest BCUT2D eigenvalue weighted by Gasteiger charge is 2.27. The van der Waals surface area contributed by atoms with E-state index in [0.29, 0.717) is 30.8 Å². The number of aromatic nitrogens is 1. The van der Waals surface area contributed by atoms with Crippen LogP contribution in [0.15, 0.2) is 4.52 Å². The molecule has 0 bridgehead atoms. The van der Waals surface area contributed by atoms with Crippen molar-refractivity contribution < 1.29 is 23.6 Å². The molecule has 0 atom stereocenters. The molecule has 1 aliphatic heterocycles. The summed E-state index contributed by atoms with van der Waals surface area (Å²) in [5, 5.41) is 3.68. The van der Waals surface area contributed by atoms with Crippen molar-refractivity contribution in [1.29, 1.82) is 0 Å². The maximum Gasteiger partial charge on any atom is 0.515 e. The first kappa shape index (κ1) is 12.4. The lowest BCUT2D eigenvalue weighted by molar-refractivity contribution is -0.129. The number of hydrogen-bond acceptors (Lipinski definition) is 6. The summed E-state index contributed by atoms with van der Waals surface area (Å²) < 4.78 is 14.6. The first-order valence-corrected chi connectivity index (χ1v) is 5.69. The second-order valence-electron chi connectivity index (χ2n) is 3.87. The van der Waals surface area contributed by atoms with E-state index in [-0.39, 0.29) is 18.4 Å². The van der Waals surface area contributed by atoms with Crippen LogP contribution in [-0.2, 0) is 22.5 Å². The molecule has 1 amide bonds. The summed E-state index contributed by atoms with van der Waals surface area (Å²) in [7, 11) is 0. The molecule has 0 aromatic carbocycles. The van der Waals surface area contributed by atoms with Gasteiger partial charge in [0.25, 0.3) is 5.88 Å². The second kappa shape index (κ2) is 5.07. The smallest absolute Gasteiger partial charge is 0.434 e. The van der Waals surface area contributed by atoms with Crippen molar-refractivity contribution >= 4 is 12.1 Å². The number of carbonyl (C=O) groups excluding carboxylic acids is 2. The third-order valence-electron chi connectivity index (χ3n) is 2.68. The van der Waals surface area contributed by atoms with Gasteiger partial charge in [0, 0.05) is 19.9 Å². The molecule has 2 rings (SSSR count). The Morgan fingerprint density at radius 3 is 2.94 bits per heavy atom. The van der Waals surface area contributed by atoms with Crippen LogP contribution in [0.4, 0.5) is 4.79 Å². The van der Waals surface area contributed by atoms with E-state index < -0.39 is 6.16 Å². The number of hydrogen-bond donors (Lipinski definition) is 0. The van der Waals surface area contributed by atoms with Crippen LogP contribution in [0.5, 0.6) is 5.88 Å². The monoisotopic (exact) mass is 254 g/mol. The number of rotatable bonds is 2. The Morgan fingerprint density at radius 1 is 1.50 bits per heavy atom. The summed E-state index contributed by atoms with van der Waals surface area (Å²) >= 11 is 0. The molecule has 1 aliphatic rings.